The molecule has 0 radical (unpaired) electrons. The maximum Gasteiger partial charge on any atom is 0.225 e. The minimum absolute atomic E-state index is 0.137. The number of rotatable bonds is 9. The summed E-state index contributed by atoms with van der Waals surface area (Å²) >= 11 is 0. The number of nitrogens with one attached hydrogen (secondary N) is 2. The number of hydrogen-bond acceptors (Lipinski definition) is 9. The van der Waals surface area contributed by atoms with E-state index in [0.29, 0.717) is 23.7 Å². The van der Waals surface area contributed by atoms with Crippen molar-refractivity contribution in [2.45, 2.75) is 44.4 Å². The second kappa shape index (κ2) is 10.1. The van der Waals surface area contributed by atoms with E-state index in [1.165, 1.54) is 0 Å². The van der Waals surface area contributed by atoms with Crippen LogP contribution in [0.3, 0.4) is 0 Å². The van der Waals surface area contributed by atoms with Gasteiger partial charge in [0.2, 0.25) is 12.4 Å². The van der Waals surface area contributed by atoms with Gasteiger partial charge >= 0.3 is 0 Å². The summed E-state index contributed by atoms with van der Waals surface area (Å²) < 4.78 is 12.4. The Kier molecular flexibility index (Phi) is 6.61. The van der Waals surface area contributed by atoms with Gasteiger partial charge in [-0.3, -0.25) is 5.32 Å². The van der Waals surface area contributed by atoms with Crippen molar-refractivity contribution in [3.05, 3.63) is 66.4 Å². The van der Waals surface area contributed by atoms with E-state index in [4.69, 9.17) is 9.47 Å². The first-order chi connectivity index (χ1) is 16.7. The van der Waals surface area contributed by atoms with Crippen molar-refractivity contribution < 1.29 is 14.6 Å². The summed E-state index contributed by atoms with van der Waals surface area (Å²) in [7, 11) is 1.63. The van der Waals surface area contributed by atoms with E-state index in [-0.39, 0.29) is 12.1 Å². The van der Waals surface area contributed by atoms with Crippen LogP contribution < -0.4 is 15.4 Å². The first-order valence-electron chi connectivity index (χ1n) is 11.3. The van der Waals surface area contributed by atoms with Crippen LogP contribution in [0.25, 0.3) is 16.9 Å². The molecule has 2 aromatic heterocycles. The molecule has 176 valence electrons. The topological polar surface area (TPSA) is 119 Å². The first kappa shape index (κ1) is 22.2. The molecule has 4 aromatic rings. The Balaban J connectivity index is 1.18. The van der Waals surface area contributed by atoms with Crippen molar-refractivity contribution in [3.63, 3.8) is 0 Å². The van der Waals surface area contributed by atoms with E-state index in [1.54, 1.807) is 18.0 Å². The number of aliphatic hydroxyl groups is 1. The number of benzene rings is 2. The number of methoxy groups -OCH3 is 1. The van der Waals surface area contributed by atoms with Crippen LogP contribution >= 0.6 is 0 Å². The lowest BCUT2D eigenvalue weighted by molar-refractivity contribution is -0.133. The van der Waals surface area contributed by atoms with Crippen LogP contribution in [-0.2, 0) is 11.3 Å². The summed E-state index contributed by atoms with van der Waals surface area (Å²) in [5, 5.41) is 25.2. The summed E-state index contributed by atoms with van der Waals surface area (Å²) in [6, 6.07) is 17.6. The zero-order valence-electron chi connectivity index (χ0n) is 18.8. The predicted octanol–water partition coefficient (Wildman–Crippen LogP) is 2.63. The van der Waals surface area contributed by atoms with E-state index in [2.05, 4.69) is 30.9 Å². The van der Waals surface area contributed by atoms with Crippen LogP contribution in [-0.4, -0.2) is 55.7 Å². The van der Waals surface area contributed by atoms with Gasteiger partial charge in [0, 0.05) is 12.1 Å². The summed E-state index contributed by atoms with van der Waals surface area (Å²) in [6.07, 6.45) is 3.32. The molecular weight excluding hydrogens is 434 g/mol. The van der Waals surface area contributed by atoms with Gasteiger partial charge in [-0.25, -0.2) is 4.98 Å². The number of aromatic nitrogens is 5. The molecule has 1 saturated carbocycles. The highest BCUT2D eigenvalue weighted by Crippen LogP contribution is 2.24. The molecule has 1 aliphatic carbocycles. The van der Waals surface area contributed by atoms with E-state index in [0.717, 1.165) is 36.3 Å². The van der Waals surface area contributed by atoms with Crippen molar-refractivity contribution in [2.75, 3.05) is 12.4 Å². The monoisotopic (exact) mass is 461 g/mol. The molecule has 1 aliphatic rings. The van der Waals surface area contributed by atoms with Gasteiger partial charge in [-0.2, -0.15) is 9.67 Å². The third kappa shape index (κ3) is 5.14. The summed E-state index contributed by atoms with van der Waals surface area (Å²) in [5.41, 5.74) is 3.10. The van der Waals surface area contributed by atoms with E-state index in [1.807, 2.05) is 54.6 Å². The van der Waals surface area contributed by atoms with Gasteiger partial charge in [-0.15, -0.1) is 5.10 Å². The highest BCUT2D eigenvalue weighted by molar-refractivity contribution is 5.72. The number of ether oxygens (including phenoxy) is 2. The Labute approximate surface area is 196 Å². The van der Waals surface area contributed by atoms with Crippen LogP contribution in [0.2, 0.25) is 0 Å². The Morgan fingerprint density at radius 1 is 1.09 bits per heavy atom. The Morgan fingerprint density at radius 2 is 1.88 bits per heavy atom. The smallest absolute Gasteiger partial charge is 0.225 e. The standard InChI is InChI=1S/C24H27N7O3/c1-33-20-11-9-19(10-12-20)31-22-21(29-30-31)14-25-23(28-22)26-17-7-8-18(13-17)27-24(32)34-15-16-5-3-2-4-6-16/h2-6,9-12,14,17-18,24,27,32H,7-8,13,15H2,1H3,(H,25,26,28)/t17-,18+,24?/m0/s1. The predicted molar refractivity (Wildman–Crippen MR) is 126 cm³/mol. The van der Waals surface area contributed by atoms with Crippen molar-refractivity contribution in [1.82, 2.24) is 30.3 Å². The molecular formula is C24H27N7O3. The van der Waals surface area contributed by atoms with Crippen LogP contribution in [0, 0.1) is 0 Å². The maximum atomic E-state index is 10.2. The van der Waals surface area contributed by atoms with Crippen LogP contribution in [0.4, 0.5) is 5.95 Å². The largest absolute Gasteiger partial charge is 0.497 e. The fraction of sp³-hybridized carbons (Fsp3) is 0.333. The van der Waals surface area contributed by atoms with Gasteiger partial charge in [0.15, 0.2) is 11.2 Å². The first-order valence-corrected chi connectivity index (χ1v) is 11.3. The van der Waals surface area contributed by atoms with Gasteiger partial charge in [0.25, 0.3) is 0 Å². The molecule has 34 heavy (non-hydrogen) atoms. The number of nitrogens with zero attached hydrogens (tertiary/aromatic N) is 5. The SMILES string of the molecule is COc1ccc(-n2nnc3cnc(N[C@H]4CC[C@@H](NC(O)OCc5ccccc5)C4)nc32)cc1. The Bertz CT molecular complexity index is 1220. The molecule has 10 nitrogen and oxygen atoms in total. The average molecular weight is 462 g/mol. The van der Waals surface area contributed by atoms with E-state index >= 15 is 0 Å². The van der Waals surface area contributed by atoms with Crippen molar-refractivity contribution in [2.24, 2.45) is 0 Å². The zero-order chi connectivity index (χ0) is 23.3. The summed E-state index contributed by atoms with van der Waals surface area (Å²) in [6.45, 7) is 0.354. The minimum Gasteiger partial charge on any atom is -0.497 e. The molecule has 1 fully saturated rings. The molecule has 3 atom stereocenters. The molecule has 5 rings (SSSR count). The highest BCUT2D eigenvalue weighted by Gasteiger charge is 2.27. The molecule has 2 aromatic carbocycles. The van der Waals surface area contributed by atoms with Gasteiger partial charge in [-0.05, 0) is 49.1 Å². The van der Waals surface area contributed by atoms with E-state index in [9.17, 15) is 5.11 Å². The highest BCUT2D eigenvalue weighted by atomic mass is 16.6. The van der Waals surface area contributed by atoms with Crippen LogP contribution in [0.1, 0.15) is 24.8 Å². The van der Waals surface area contributed by atoms with Crippen molar-refractivity contribution >= 4 is 17.1 Å². The fourth-order valence-corrected chi connectivity index (χ4v) is 4.14. The van der Waals surface area contributed by atoms with Gasteiger partial charge < -0.3 is 19.9 Å². The molecule has 0 bridgehead atoms. The maximum absolute atomic E-state index is 10.2. The zero-order valence-corrected chi connectivity index (χ0v) is 18.8. The number of anilines is 1. The van der Waals surface area contributed by atoms with E-state index < -0.39 is 6.41 Å². The Hall–Kier alpha value is -3.60. The summed E-state index contributed by atoms with van der Waals surface area (Å²) in [5.74, 6) is 1.29. The van der Waals surface area contributed by atoms with Crippen LogP contribution in [0.15, 0.2) is 60.8 Å². The van der Waals surface area contributed by atoms with Crippen molar-refractivity contribution in [1.29, 1.82) is 0 Å². The van der Waals surface area contributed by atoms with Crippen LogP contribution in [0.5, 0.6) is 5.75 Å². The minimum atomic E-state index is -1.01. The quantitative estimate of drug-likeness (QED) is 0.323. The molecule has 0 amide bonds. The fourth-order valence-electron chi connectivity index (χ4n) is 4.14. The van der Waals surface area contributed by atoms with Gasteiger partial charge in [0.05, 0.1) is 25.6 Å². The molecule has 3 N–H and O–H groups in total. The van der Waals surface area contributed by atoms with Gasteiger partial charge in [-0.1, -0.05) is 35.5 Å². The molecule has 1 unspecified atom stereocenters. The number of aliphatic hydroxyl groups excluding tert-OH is 1. The molecule has 0 spiro atoms. The normalized spacial score (nSPS) is 18.8. The molecule has 0 aliphatic heterocycles. The Morgan fingerprint density at radius 3 is 2.68 bits per heavy atom. The lowest BCUT2D eigenvalue weighted by atomic mass is 10.2. The average Bonchev–Trinajstić information content (AvgIpc) is 3.50. The third-order valence-electron chi connectivity index (χ3n) is 5.90. The summed E-state index contributed by atoms with van der Waals surface area (Å²) in [4.78, 5) is 9.06. The second-order valence-corrected chi connectivity index (χ2v) is 8.27. The lowest BCUT2D eigenvalue weighted by Crippen LogP contribution is -2.39. The number of hydrogen-bond donors (Lipinski definition) is 3. The molecule has 0 saturated heterocycles. The van der Waals surface area contributed by atoms with Gasteiger partial charge in [0.1, 0.15) is 5.75 Å². The molecule has 2 heterocycles. The second-order valence-electron chi connectivity index (χ2n) is 8.27. The number of fused-ring (bicyclic) bond motifs is 1. The molecule has 10 heteroatoms. The van der Waals surface area contributed by atoms with Crippen molar-refractivity contribution in [3.8, 4) is 11.4 Å². The lowest BCUT2D eigenvalue weighted by Gasteiger charge is -2.19. The third-order valence-corrected chi connectivity index (χ3v) is 5.90.